The van der Waals surface area contributed by atoms with Crippen LogP contribution in [0.3, 0.4) is 0 Å². The Labute approximate surface area is 69.2 Å². The Bertz CT molecular complexity index is 112. The minimum Gasteiger partial charge on any atom is -0.370 e. The number of amides is 1. The van der Waals surface area contributed by atoms with E-state index in [0.29, 0.717) is 6.42 Å². The van der Waals surface area contributed by atoms with Gasteiger partial charge in [0, 0.05) is 6.42 Å². The largest absolute Gasteiger partial charge is 0.370 e. The molecule has 0 aromatic rings. The predicted octanol–water partition coefficient (Wildman–Crippen LogP) is 2.08. The molecular formula is C9H19NO. The van der Waals surface area contributed by atoms with Crippen LogP contribution in [-0.2, 0) is 4.79 Å². The SMILES string of the molecule is CCCC(C)CCCC(N)=O. The number of hydrogen-bond donors (Lipinski definition) is 1. The third-order valence-corrected chi connectivity index (χ3v) is 1.90. The summed E-state index contributed by atoms with van der Waals surface area (Å²) in [7, 11) is 0. The van der Waals surface area contributed by atoms with Crippen LogP contribution < -0.4 is 5.73 Å². The minimum atomic E-state index is -0.173. The lowest BCUT2D eigenvalue weighted by molar-refractivity contribution is -0.118. The van der Waals surface area contributed by atoms with Gasteiger partial charge in [0.05, 0.1) is 0 Å². The molecular weight excluding hydrogens is 138 g/mol. The molecule has 2 nitrogen and oxygen atoms in total. The third kappa shape index (κ3) is 7.37. The highest BCUT2D eigenvalue weighted by Gasteiger charge is 2.01. The van der Waals surface area contributed by atoms with Crippen LogP contribution in [-0.4, -0.2) is 5.91 Å². The molecule has 1 atom stereocenters. The summed E-state index contributed by atoms with van der Waals surface area (Å²) in [6.45, 7) is 4.41. The van der Waals surface area contributed by atoms with Crippen LogP contribution >= 0.6 is 0 Å². The van der Waals surface area contributed by atoms with Gasteiger partial charge in [-0.15, -0.1) is 0 Å². The van der Waals surface area contributed by atoms with Crippen molar-refractivity contribution in [3.8, 4) is 0 Å². The lowest BCUT2D eigenvalue weighted by Crippen LogP contribution is -2.10. The first-order valence-electron chi connectivity index (χ1n) is 4.45. The fourth-order valence-electron chi connectivity index (χ4n) is 1.26. The topological polar surface area (TPSA) is 43.1 Å². The molecule has 2 N–H and O–H groups in total. The summed E-state index contributed by atoms with van der Waals surface area (Å²) in [5, 5.41) is 0. The first-order valence-corrected chi connectivity index (χ1v) is 4.45. The molecule has 0 aromatic carbocycles. The van der Waals surface area contributed by atoms with E-state index in [9.17, 15) is 4.79 Å². The first-order chi connectivity index (χ1) is 5.16. The van der Waals surface area contributed by atoms with E-state index < -0.39 is 0 Å². The summed E-state index contributed by atoms with van der Waals surface area (Å²) in [6, 6.07) is 0. The first kappa shape index (κ1) is 10.5. The molecule has 0 saturated heterocycles. The quantitative estimate of drug-likeness (QED) is 0.630. The zero-order valence-corrected chi connectivity index (χ0v) is 7.60. The molecule has 66 valence electrons. The van der Waals surface area contributed by atoms with Gasteiger partial charge in [0.15, 0.2) is 0 Å². The van der Waals surface area contributed by atoms with E-state index in [0.717, 1.165) is 18.8 Å². The van der Waals surface area contributed by atoms with Gasteiger partial charge >= 0.3 is 0 Å². The number of nitrogens with two attached hydrogens (primary N) is 1. The van der Waals surface area contributed by atoms with Gasteiger partial charge in [-0.2, -0.15) is 0 Å². The van der Waals surface area contributed by atoms with E-state index >= 15 is 0 Å². The lowest BCUT2D eigenvalue weighted by Gasteiger charge is -2.07. The number of primary amides is 1. The molecule has 0 rings (SSSR count). The summed E-state index contributed by atoms with van der Waals surface area (Å²) >= 11 is 0. The second kappa shape index (κ2) is 6.20. The maximum absolute atomic E-state index is 10.4. The average Bonchev–Trinajstić information content (AvgIpc) is 1.87. The molecule has 0 aliphatic heterocycles. The normalized spacial score (nSPS) is 12.9. The fraction of sp³-hybridized carbons (Fsp3) is 0.889. The minimum absolute atomic E-state index is 0.173. The molecule has 0 bridgehead atoms. The summed E-state index contributed by atoms with van der Waals surface area (Å²) in [4.78, 5) is 10.4. The van der Waals surface area contributed by atoms with Crippen molar-refractivity contribution in [1.82, 2.24) is 0 Å². The van der Waals surface area contributed by atoms with Gasteiger partial charge in [0.2, 0.25) is 5.91 Å². The number of carbonyl (C=O) groups is 1. The van der Waals surface area contributed by atoms with Crippen LogP contribution in [0.5, 0.6) is 0 Å². The van der Waals surface area contributed by atoms with Gasteiger partial charge in [0.1, 0.15) is 0 Å². The Morgan fingerprint density at radius 3 is 2.55 bits per heavy atom. The molecule has 1 amide bonds. The van der Waals surface area contributed by atoms with E-state index in [-0.39, 0.29) is 5.91 Å². The van der Waals surface area contributed by atoms with Gasteiger partial charge < -0.3 is 5.73 Å². The highest BCUT2D eigenvalue weighted by Crippen LogP contribution is 2.12. The Morgan fingerprint density at radius 1 is 1.45 bits per heavy atom. The van der Waals surface area contributed by atoms with Crippen LogP contribution in [0.15, 0.2) is 0 Å². The number of carbonyl (C=O) groups excluding carboxylic acids is 1. The number of hydrogen-bond acceptors (Lipinski definition) is 1. The zero-order chi connectivity index (χ0) is 8.69. The van der Waals surface area contributed by atoms with Crippen LogP contribution in [0, 0.1) is 5.92 Å². The summed E-state index contributed by atoms with van der Waals surface area (Å²) in [6.07, 6.45) is 5.14. The van der Waals surface area contributed by atoms with E-state index in [1.165, 1.54) is 12.8 Å². The molecule has 0 fully saturated rings. The summed E-state index contributed by atoms with van der Waals surface area (Å²) in [5.74, 6) is 0.577. The molecule has 1 unspecified atom stereocenters. The Balaban J connectivity index is 3.16. The Hall–Kier alpha value is -0.530. The van der Waals surface area contributed by atoms with Gasteiger partial charge in [-0.1, -0.05) is 33.1 Å². The summed E-state index contributed by atoms with van der Waals surface area (Å²) < 4.78 is 0. The van der Waals surface area contributed by atoms with Crippen LogP contribution in [0.4, 0.5) is 0 Å². The highest BCUT2D eigenvalue weighted by molar-refractivity contribution is 5.73. The molecule has 0 spiro atoms. The third-order valence-electron chi connectivity index (χ3n) is 1.90. The standard InChI is InChI=1S/C9H19NO/c1-3-5-8(2)6-4-7-9(10)11/h8H,3-7H2,1-2H3,(H2,10,11). The van der Waals surface area contributed by atoms with Crippen molar-refractivity contribution >= 4 is 5.91 Å². The van der Waals surface area contributed by atoms with Gasteiger partial charge in [0.25, 0.3) is 0 Å². The van der Waals surface area contributed by atoms with Crippen molar-refractivity contribution in [2.45, 2.75) is 46.0 Å². The van der Waals surface area contributed by atoms with Gasteiger partial charge in [-0.05, 0) is 12.3 Å². The van der Waals surface area contributed by atoms with E-state index in [1.54, 1.807) is 0 Å². The molecule has 0 aliphatic rings. The van der Waals surface area contributed by atoms with Crippen molar-refractivity contribution in [3.63, 3.8) is 0 Å². The predicted molar refractivity (Wildman–Crippen MR) is 47.1 cm³/mol. The molecule has 0 aliphatic carbocycles. The lowest BCUT2D eigenvalue weighted by atomic mass is 9.99. The van der Waals surface area contributed by atoms with Crippen molar-refractivity contribution < 1.29 is 4.79 Å². The van der Waals surface area contributed by atoms with Crippen LogP contribution in [0.25, 0.3) is 0 Å². The molecule has 0 radical (unpaired) electrons. The fourth-order valence-corrected chi connectivity index (χ4v) is 1.26. The van der Waals surface area contributed by atoms with Crippen LogP contribution in [0.2, 0.25) is 0 Å². The molecule has 2 heteroatoms. The second-order valence-electron chi connectivity index (χ2n) is 3.25. The zero-order valence-electron chi connectivity index (χ0n) is 7.60. The second-order valence-corrected chi connectivity index (χ2v) is 3.25. The van der Waals surface area contributed by atoms with Crippen LogP contribution in [0.1, 0.15) is 46.0 Å². The Kier molecular flexibility index (Phi) is 5.90. The van der Waals surface area contributed by atoms with Crippen molar-refractivity contribution in [1.29, 1.82) is 0 Å². The van der Waals surface area contributed by atoms with Crippen molar-refractivity contribution in [3.05, 3.63) is 0 Å². The van der Waals surface area contributed by atoms with Crippen molar-refractivity contribution in [2.24, 2.45) is 11.7 Å². The van der Waals surface area contributed by atoms with E-state index in [4.69, 9.17) is 5.73 Å². The van der Waals surface area contributed by atoms with Gasteiger partial charge in [-0.25, -0.2) is 0 Å². The maximum atomic E-state index is 10.4. The number of rotatable bonds is 6. The van der Waals surface area contributed by atoms with E-state index in [2.05, 4.69) is 13.8 Å². The maximum Gasteiger partial charge on any atom is 0.217 e. The molecule has 0 saturated carbocycles. The van der Waals surface area contributed by atoms with E-state index in [1.807, 2.05) is 0 Å². The highest BCUT2D eigenvalue weighted by atomic mass is 16.1. The molecule has 0 aromatic heterocycles. The monoisotopic (exact) mass is 157 g/mol. The molecule has 11 heavy (non-hydrogen) atoms. The molecule has 0 heterocycles. The average molecular weight is 157 g/mol. The smallest absolute Gasteiger partial charge is 0.217 e. The van der Waals surface area contributed by atoms with Crippen molar-refractivity contribution in [2.75, 3.05) is 0 Å². The van der Waals surface area contributed by atoms with Gasteiger partial charge in [-0.3, -0.25) is 4.79 Å². The Morgan fingerprint density at radius 2 is 2.09 bits per heavy atom. The summed E-state index contributed by atoms with van der Waals surface area (Å²) in [5.41, 5.74) is 5.01.